The third-order valence-electron chi connectivity index (χ3n) is 3.35. The monoisotopic (exact) mass is 349 g/mol. The van der Waals surface area contributed by atoms with Crippen molar-refractivity contribution < 1.29 is 23.4 Å². The maximum Gasteiger partial charge on any atom is 0.397 e. The number of anilines is 2. The zero-order chi connectivity index (χ0) is 18.6. The largest absolute Gasteiger partial charge is 0.478 e. The predicted molar refractivity (Wildman–Crippen MR) is 89.3 cm³/mol. The fourth-order valence-corrected chi connectivity index (χ4v) is 2.10. The second-order valence-corrected chi connectivity index (χ2v) is 5.25. The topological polar surface area (TPSA) is 95.3 Å². The van der Waals surface area contributed by atoms with Crippen molar-refractivity contribution in [2.45, 2.75) is 26.4 Å². The van der Waals surface area contributed by atoms with Crippen molar-refractivity contribution in [2.24, 2.45) is 0 Å². The number of nitrogens with zero attached hydrogens (tertiary/aromatic N) is 1. The van der Waals surface area contributed by atoms with Gasteiger partial charge >= 0.3 is 12.1 Å². The minimum Gasteiger partial charge on any atom is -0.478 e. The Kier molecular flexibility index (Phi) is 5.31. The molecular formula is C17H17F2N3O3. The molecule has 0 aliphatic heterocycles. The first kappa shape index (κ1) is 18.3. The molecule has 0 fully saturated rings. The zero-order valence-electron chi connectivity index (χ0n) is 13.6. The standard InChI is InChI=1S/C17H17F2N3O3/c1-3-17(18,19)25-12-6-4-11(5-7-12)22-15-14(10(2)20)13(16(23)24)8-9-21-15/h4-9,20H,3H2,1-2H3,(H,21,22)(H,23,24). The number of carboxylic acid groups (broad SMARTS) is 1. The molecule has 0 atom stereocenters. The minimum absolute atomic E-state index is 0.00750. The molecule has 3 N–H and O–H groups in total. The van der Waals surface area contributed by atoms with Gasteiger partial charge in [0.1, 0.15) is 11.6 Å². The summed E-state index contributed by atoms with van der Waals surface area (Å²) in [5.74, 6) is -0.967. The molecule has 1 aromatic carbocycles. The van der Waals surface area contributed by atoms with Crippen molar-refractivity contribution in [3.05, 3.63) is 47.7 Å². The Balaban J connectivity index is 2.27. The summed E-state index contributed by atoms with van der Waals surface area (Å²) in [6, 6.07) is 7.04. The average molecular weight is 349 g/mol. The molecule has 6 nitrogen and oxygen atoms in total. The van der Waals surface area contributed by atoms with Gasteiger partial charge in [-0.05, 0) is 37.3 Å². The van der Waals surface area contributed by atoms with E-state index in [1.54, 1.807) is 0 Å². The molecule has 0 aliphatic carbocycles. The number of benzene rings is 1. The Hall–Kier alpha value is -3.03. The highest BCUT2D eigenvalue weighted by molar-refractivity contribution is 6.09. The van der Waals surface area contributed by atoms with Crippen molar-refractivity contribution in [3.63, 3.8) is 0 Å². The normalized spacial score (nSPS) is 11.0. The lowest BCUT2D eigenvalue weighted by molar-refractivity contribution is -0.177. The Bertz CT molecular complexity index is 792. The molecule has 8 heteroatoms. The molecule has 2 aromatic rings. The van der Waals surface area contributed by atoms with E-state index in [4.69, 9.17) is 5.41 Å². The van der Waals surface area contributed by atoms with Crippen molar-refractivity contribution in [1.82, 2.24) is 4.98 Å². The van der Waals surface area contributed by atoms with E-state index < -0.39 is 18.5 Å². The number of nitrogens with one attached hydrogen (secondary N) is 2. The zero-order valence-corrected chi connectivity index (χ0v) is 13.6. The van der Waals surface area contributed by atoms with Gasteiger partial charge in [0.15, 0.2) is 0 Å². The number of hydrogen-bond acceptors (Lipinski definition) is 5. The highest BCUT2D eigenvalue weighted by Gasteiger charge is 2.28. The number of carboxylic acids is 1. The van der Waals surface area contributed by atoms with Gasteiger partial charge in [0.05, 0.1) is 11.1 Å². The third-order valence-corrected chi connectivity index (χ3v) is 3.35. The van der Waals surface area contributed by atoms with E-state index >= 15 is 0 Å². The van der Waals surface area contributed by atoms with Crippen molar-refractivity contribution in [2.75, 3.05) is 5.32 Å². The molecule has 1 heterocycles. The van der Waals surface area contributed by atoms with Gasteiger partial charge in [0.2, 0.25) is 0 Å². The minimum atomic E-state index is -3.24. The Labute approximate surface area is 143 Å². The third kappa shape index (κ3) is 4.50. The van der Waals surface area contributed by atoms with Gasteiger partial charge in [-0.2, -0.15) is 8.78 Å². The molecule has 0 aliphatic rings. The number of rotatable bonds is 7. The van der Waals surface area contributed by atoms with Gasteiger partial charge in [0, 0.05) is 24.0 Å². The van der Waals surface area contributed by atoms with E-state index in [0.29, 0.717) is 5.69 Å². The van der Waals surface area contributed by atoms with Crippen LogP contribution in [0.3, 0.4) is 0 Å². The first-order valence-corrected chi connectivity index (χ1v) is 7.45. The first-order chi connectivity index (χ1) is 11.7. The van der Waals surface area contributed by atoms with Crippen LogP contribution in [0.25, 0.3) is 0 Å². The lowest BCUT2D eigenvalue weighted by Gasteiger charge is -2.16. The van der Waals surface area contributed by atoms with Crippen LogP contribution < -0.4 is 10.1 Å². The summed E-state index contributed by atoms with van der Waals surface area (Å²) >= 11 is 0. The number of aromatic carboxylic acids is 1. The van der Waals surface area contributed by atoms with Crippen molar-refractivity contribution in [3.8, 4) is 5.75 Å². The Morgan fingerprint density at radius 3 is 2.48 bits per heavy atom. The molecule has 132 valence electrons. The highest BCUT2D eigenvalue weighted by atomic mass is 19.3. The average Bonchev–Trinajstić information content (AvgIpc) is 2.56. The summed E-state index contributed by atoms with van der Waals surface area (Å²) in [5.41, 5.74) is 0.639. The van der Waals surface area contributed by atoms with Gasteiger partial charge in [-0.1, -0.05) is 6.92 Å². The molecule has 1 aromatic heterocycles. The van der Waals surface area contributed by atoms with Crippen LogP contribution >= 0.6 is 0 Å². The first-order valence-electron chi connectivity index (χ1n) is 7.45. The van der Waals surface area contributed by atoms with Crippen LogP contribution in [0.5, 0.6) is 5.75 Å². The van der Waals surface area contributed by atoms with E-state index in [1.165, 1.54) is 50.4 Å². The van der Waals surface area contributed by atoms with Crippen LogP contribution in [0.4, 0.5) is 20.3 Å². The Morgan fingerprint density at radius 2 is 1.96 bits per heavy atom. The summed E-state index contributed by atoms with van der Waals surface area (Å²) in [6.45, 7) is 2.77. The van der Waals surface area contributed by atoms with Crippen LogP contribution in [0.15, 0.2) is 36.5 Å². The molecule has 0 unspecified atom stereocenters. The van der Waals surface area contributed by atoms with Gasteiger partial charge in [-0.15, -0.1) is 0 Å². The maximum atomic E-state index is 13.2. The molecule has 0 saturated heterocycles. The van der Waals surface area contributed by atoms with Crippen molar-refractivity contribution >= 4 is 23.2 Å². The lowest BCUT2D eigenvalue weighted by Crippen LogP contribution is -2.22. The van der Waals surface area contributed by atoms with E-state index in [-0.39, 0.29) is 28.4 Å². The second kappa shape index (κ2) is 7.25. The predicted octanol–water partition coefficient (Wildman–Crippen LogP) is 4.29. The van der Waals surface area contributed by atoms with Crippen LogP contribution in [0, 0.1) is 5.41 Å². The van der Waals surface area contributed by atoms with Crippen molar-refractivity contribution in [1.29, 1.82) is 5.41 Å². The summed E-state index contributed by atoms with van der Waals surface area (Å²) in [6.07, 6.45) is -2.37. The molecule has 2 rings (SSSR count). The fraction of sp³-hybridized carbons (Fsp3) is 0.235. The molecule has 0 saturated carbocycles. The number of alkyl halides is 2. The van der Waals surface area contributed by atoms with E-state index in [9.17, 15) is 18.7 Å². The number of hydrogen-bond donors (Lipinski definition) is 3. The van der Waals surface area contributed by atoms with Gasteiger partial charge in [0.25, 0.3) is 0 Å². The molecular weight excluding hydrogens is 332 g/mol. The van der Waals surface area contributed by atoms with E-state index in [2.05, 4.69) is 15.0 Å². The van der Waals surface area contributed by atoms with Crippen LogP contribution in [0.1, 0.15) is 36.2 Å². The summed E-state index contributed by atoms with van der Waals surface area (Å²) < 4.78 is 31.0. The van der Waals surface area contributed by atoms with Gasteiger partial charge in [-0.3, -0.25) is 0 Å². The van der Waals surface area contributed by atoms with E-state index in [1.807, 2.05) is 0 Å². The lowest BCUT2D eigenvalue weighted by atomic mass is 10.1. The molecule has 0 radical (unpaired) electrons. The van der Waals surface area contributed by atoms with Crippen LogP contribution in [0.2, 0.25) is 0 Å². The number of carbonyl (C=O) groups is 1. The maximum absolute atomic E-state index is 13.2. The quantitative estimate of drug-likeness (QED) is 0.648. The summed E-state index contributed by atoms with van der Waals surface area (Å²) in [5, 5.41) is 19.9. The SMILES string of the molecule is CCC(F)(F)Oc1ccc(Nc2nccc(C(=O)O)c2C(C)=N)cc1. The molecule has 25 heavy (non-hydrogen) atoms. The Morgan fingerprint density at radius 1 is 1.32 bits per heavy atom. The number of ether oxygens (including phenoxy) is 1. The van der Waals surface area contributed by atoms with Gasteiger partial charge < -0.3 is 20.6 Å². The van der Waals surface area contributed by atoms with E-state index in [0.717, 1.165) is 0 Å². The second-order valence-electron chi connectivity index (χ2n) is 5.25. The van der Waals surface area contributed by atoms with Crippen LogP contribution in [-0.4, -0.2) is 27.9 Å². The molecule has 0 bridgehead atoms. The summed E-state index contributed by atoms with van der Waals surface area (Å²) in [4.78, 5) is 15.4. The fourth-order valence-electron chi connectivity index (χ4n) is 2.10. The highest BCUT2D eigenvalue weighted by Crippen LogP contribution is 2.27. The molecule has 0 spiro atoms. The smallest absolute Gasteiger partial charge is 0.397 e. The van der Waals surface area contributed by atoms with Gasteiger partial charge in [-0.25, -0.2) is 9.78 Å². The van der Waals surface area contributed by atoms with Crippen LogP contribution in [-0.2, 0) is 0 Å². The number of pyridine rings is 1. The summed E-state index contributed by atoms with van der Waals surface area (Å²) in [7, 11) is 0. The molecule has 0 amide bonds. The number of halogens is 2. The number of aromatic nitrogens is 1.